The molecule has 1 fully saturated rings. The van der Waals surface area contributed by atoms with Crippen molar-refractivity contribution in [1.29, 1.82) is 0 Å². The molecule has 0 spiro atoms. The minimum Gasteiger partial charge on any atom is -0.481 e. The zero-order chi connectivity index (χ0) is 16.8. The molecule has 0 saturated carbocycles. The van der Waals surface area contributed by atoms with Crippen molar-refractivity contribution in [2.45, 2.75) is 19.4 Å². The van der Waals surface area contributed by atoms with Crippen LogP contribution in [0.15, 0.2) is 36.8 Å². The van der Waals surface area contributed by atoms with Crippen LogP contribution in [-0.4, -0.2) is 41.1 Å². The SMILES string of the molecule is COc1cc(N2CCC(C(=O)NCc3ccccn3)CC2)ncn1. The summed E-state index contributed by atoms with van der Waals surface area (Å²) in [5.74, 6) is 1.53. The third-order valence-electron chi connectivity index (χ3n) is 4.20. The largest absolute Gasteiger partial charge is 0.481 e. The molecular weight excluding hydrogens is 306 g/mol. The third-order valence-corrected chi connectivity index (χ3v) is 4.20. The van der Waals surface area contributed by atoms with Crippen LogP contribution in [0, 0.1) is 5.92 Å². The van der Waals surface area contributed by atoms with Crippen LogP contribution >= 0.6 is 0 Å². The summed E-state index contributed by atoms with van der Waals surface area (Å²) >= 11 is 0. The van der Waals surface area contributed by atoms with Gasteiger partial charge in [-0.2, -0.15) is 0 Å². The van der Waals surface area contributed by atoms with Gasteiger partial charge in [0, 0.05) is 31.3 Å². The summed E-state index contributed by atoms with van der Waals surface area (Å²) < 4.78 is 5.13. The van der Waals surface area contributed by atoms with Gasteiger partial charge in [-0.25, -0.2) is 9.97 Å². The van der Waals surface area contributed by atoms with E-state index in [4.69, 9.17) is 4.74 Å². The zero-order valence-corrected chi connectivity index (χ0v) is 13.7. The molecule has 1 amide bonds. The Hall–Kier alpha value is -2.70. The number of hydrogen-bond donors (Lipinski definition) is 1. The Kier molecular flexibility index (Phi) is 5.20. The van der Waals surface area contributed by atoms with Gasteiger partial charge in [0.2, 0.25) is 11.8 Å². The highest BCUT2D eigenvalue weighted by molar-refractivity contribution is 5.78. The Morgan fingerprint density at radius 3 is 2.83 bits per heavy atom. The summed E-state index contributed by atoms with van der Waals surface area (Å²) in [4.78, 5) is 27.0. The highest BCUT2D eigenvalue weighted by atomic mass is 16.5. The van der Waals surface area contributed by atoms with Gasteiger partial charge < -0.3 is 15.0 Å². The maximum Gasteiger partial charge on any atom is 0.223 e. The van der Waals surface area contributed by atoms with E-state index in [0.717, 1.165) is 37.4 Å². The number of aromatic nitrogens is 3. The van der Waals surface area contributed by atoms with Crippen LogP contribution in [0.1, 0.15) is 18.5 Å². The molecule has 1 aliphatic rings. The van der Waals surface area contributed by atoms with Gasteiger partial charge in [-0.3, -0.25) is 9.78 Å². The molecule has 0 aromatic carbocycles. The molecule has 3 heterocycles. The van der Waals surface area contributed by atoms with E-state index in [-0.39, 0.29) is 11.8 Å². The van der Waals surface area contributed by atoms with Crippen molar-refractivity contribution in [3.05, 3.63) is 42.5 Å². The number of rotatable bonds is 5. The molecule has 3 rings (SSSR count). The fourth-order valence-corrected chi connectivity index (χ4v) is 2.81. The first-order chi connectivity index (χ1) is 11.8. The number of nitrogens with one attached hydrogen (secondary N) is 1. The van der Waals surface area contributed by atoms with Crippen LogP contribution in [0.25, 0.3) is 0 Å². The second-order valence-corrected chi connectivity index (χ2v) is 5.72. The number of anilines is 1. The standard InChI is InChI=1S/C17H21N5O2/c1-24-16-10-15(20-12-21-16)22-8-5-13(6-9-22)17(23)19-11-14-4-2-3-7-18-14/h2-4,7,10,12-13H,5-6,8-9,11H2,1H3,(H,19,23). The molecule has 0 unspecified atom stereocenters. The van der Waals surface area contributed by atoms with Crippen LogP contribution in [0.2, 0.25) is 0 Å². The van der Waals surface area contributed by atoms with E-state index in [9.17, 15) is 4.79 Å². The van der Waals surface area contributed by atoms with E-state index in [0.29, 0.717) is 12.4 Å². The first-order valence-corrected chi connectivity index (χ1v) is 8.05. The predicted octanol–water partition coefficient (Wildman–Crippen LogP) is 1.41. The zero-order valence-electron chi connectivity index (χ0n) is 13.7. The van der Waals surface area contributed by atoms with Crippen molar-refractivity contribution >= 4 is 11.7 Å². The van der Waals surface area contributed by atoms with Crippen LogP contribution in [0.4, 0.5) is 5.82 Å². The number of amides is 1. The minimum atomic E-state index is 0.0358. The molecule has 1 aliphatic heterocycles. The topological polar surface area (TPSA) is 80.2 Å². The van der Waals surface area contributed by atoms with Crippen molar-refractivity contribution < 1.29 is 9.53 Å². The van der Waals surface area contributed by atoms with E-state index in [1.54, 1.807) is 13.3 Å². The lowest BCUT2D eigenvalue weighted by molar-refractivity contribution is -0.125. The molecule has 1 saturated heterocycles. The Balaban J connectivity index is 1.50. The highest BCUT2D eigenvalue weighted by Crippen LogP contribution is 2.23. The number of hydrogen-bond acceptors (Lipinski definition) is 6. The van der Waals surface area contributed by atoms with Gasteiger partial charge in [0.1, 0.15) is 12.1 Å². The van der Waals surface area contributed by atoms with Crippen molar-refractivity contribution in [3.8, 4) is 5.88 Å². The van der Waals surface area contributed by atoms with Crippen molar-refractivity contribution in [2.75, 3.05) is 25.1 Å². The molecule has 126 valence electrons. The van der Waals surface area contributed by atoms with Gasteiger partial charge in [0.25, 0.3) is 0 Å². The number of carbonyl (C=O) groups excluding carboxylic acids is 1. The van der Waals surface area contributed by atoms with Crippen LogP contribution in [0.5, 0.6) is 5.88 Å². The maximum atomic E-state index is 12.3. The van der Waals surface area contributed by atoms with E-state index in [1.165, 1.54) is 6.33 Å². The minimum absolute atomic E-state index is 0.0358. The fourth-order valence-electron chi connectivity index (χ4n) is 2.81. The van der Waals surface area contributed by atoms with Gasteiger partial charge >= 0.3 is 0 Å². The second kappa shape index (κ2) is 7.72. The monoisotopic (exact) mass is 327 g/mol. The second-order valence-electron chi connectivity index (χ2n) is 5.72. The molecule has 0 bridgehead atoms. The molecule has 2 aromatic heterocycles. The Morgan fingerprint density at radius 2 is 2.12 bits per heavy atom. The molecule has 7 nitrogen and oxygen atoms in total. The predicted molar refractivity (Wildman–Crippen MR) is 89.6 cm³/mol. The lowest BCUT2D eigenvalue weighted by Gasteiger charge is -2.32. The Labute approximate surface area is 141 Å². The molecule has 2 aromatic rings. The molecule has 0 radical (unpaired) electrons. The summed E-state index contributed by atoms with van der Waals surface area (Å²) in [6.45, 7) is 2.06. The van der Waals surface area contributed by atoms with E-state index in [2.05, 4.69) is 25.2 Å². The summed E-state index contributed by atoms with van der Waals surface area (Å²) in [6.07, 6.45) is 4.84. The summed E-state index contributed by atoms with van der Waals surface area (Å²) in [5.41, 5.74) is 0.872. The lowest BCUT2D eigenvalue weighted by atomic mass is 9.96. The molecular formula is C17H21N5O2. The van der Waals surface area contributed by atoms with Gasteiger partial charge in [-0.1, -0.05) is 6.07 Å². The summed E-state index contributed by atoms with van der Waals surface area (Å²) in [5, 5.41) is 2.98. The molecule has 7 heteroatoms. The third kappa shape index (κ3) is 3.98. The number of carbonyl (C=O) groups is 1. The number of piperidine rings is 1. The maximum absolute atomic E-state index is 12.3. The molecule has 0 aliphatic carbocycles. The van der Waals surface area contributed by atoms with Gasteiger partial charge in [-0.05, 0) is 25.0 Å². The number of pyridine rings is 1. The average Bonchev–Trinajstić information content (AvgIpc) is 2.67. The van der Waals surface area contributed by atoms with Crippen LogP contribution < -0.4 is 15.0 Å². The molecule has 0 atom stereocenters. The normalized spacial score (nSPS) is 15.1. The van der Waals surface area contributed by atoms with E-state index in [1.807, 2.05) is 24.3 Å². The Bertz CT molecular complexity index is 672. The number of ether oxygens (including phenoxy) is 1. The van der Waals surface area contributed by atoms with Crippen molar-refractivity contribution in [3.63, 3.8) is 0 Å². The van der Waals surface area contributed by atoms with Gasteiger partial charge in [0.15, 0.2) is 0 Å². The smallest absolute Gasteiger partial charge is 0.223 e. The van der Waals surface area contributed by atoms with Crippen molar-refractivity contribution in [1.82, 2.24) is 20.3 Å². The van der Waals surface area contributed by atoms with Crippen LogP contribution in [0.3, 0.4) is 0 Å². The molecule has 1 N–H and O–H groups in total. The summed E-state index contributed by atoms with van der Waals surface area (Å²) in [6, 6.07) is 7.51. The first-order valence-electron chi connectivity index (χ1n) is 8.05. The average molecular weight is 327 g/mol. The lowest BCUT2D eigenvalue weighted by Crippen LogP contribution is -2.40. The van der Waals surface area contributed by atoms with Crippen molar-refractivity contribution in [2.24, 2.45) is 5.92 Å². The van der Waals surface area contributed by atoms with Gasteiger partial charge in [-0.15, -0.1) is 0 Å². The van der Waals surface area contributed by atoms with Gasteiger partial charge in [0.05, 0.1) is 19.3 Å². The number of nitrogens with zero attached hydrogens (tertiary/aromatic N) is 4. The fraction of sp³-hybridized carbons (Fsp3) is 0.412. The molecule has 24 heavy (non-hydrogen) atoms. The van der Waals surface area contributed by atoms with E-state index < -0.39 is 0 Å². The van der Waals surface area contributed by atoms with Crippen LogP contribution in [-0.2, 0) is 11.3 Å². The first kappa shape index (κ1) is 16.2. The summed E-state index contributed by atoms with van der Waals surface area (Å²) in [7, 11) is 1.59. The Morgan fingerprint density at radius 1 is 1.29 bits per heavy atom. The van der Waals surface area contributed by atoms with E-state index >= 15 is 0 Å². The quantitative estimate of drug-likeness (QED) is 0.894. The number of methoxy groups -OCH3 is 1. The highest BCUT2D eigenvalue weighted by Gasteiger charge is 2.25.